The minimum atomic E-state index is 0.140. The minimum absolute atomic E-state index is 0.140. The molecule has 1 aromatic carbocycles. The number of benzene rings is 1. The van der Waals surface area contributed by atoms with Crippen LogP contribution < -0.4 is 0 Å². The molecular weight excluding hydrogens is 180 g/mol. The Morgan fingerprint density at radius 3 is 1.79 bits per heavy atom. The number of rotatable bonds is 1. The second kappa shape index (κ2) is 6.62. The number of nitrogens with zero attached hydrogens (tertiary/aromatic N) is 4. The molecule has 0 saturated carbocycles. The molecule has 0 bridgehead atoms. The molecule has 5 nitrogen and oxygen atoms in total. The first kappa shape index (κ1) is 10.2. The van der Waals surface area contributed by atoms with Crippen molar-refractivity contribution in [3.05, 3.63) is 48.3 Å². The van der Waals surface area contributed by atoms with E-state index in [0.717, 1.165) is 5.56 Å². The topological polar surface area (TPSA) is 71.8 Å². The van der Waals surface area contributed by atoms with E-state index in [2.05, 4.69) is 20.6 Å². The van der Waals surface area contributed by atoms with Gasteiger partial charge in [0.2, 0.25) is 0 Å². The van der Waals surface area contributed by atoms with Crippen LogP contribution in [-0.4, -0.2) is 25.7 Å². The van der Waals surface area contributed by atoms with Gasteiger partial charge in [0, 0.05) is 0 Å². The van der Waals surface area contributed by atoms with E-state index >= 15 is 0 Å². The molecular formula is C9H10N4O. The van der Waals surface area contributed by atoms with Crippen LogP contribution in [0.5, 0.6) is 0 Å². The van der Waals surface area contributed by atoms with Crippen molar-refractivity contribution >= 4 is 0 Å². The molecule has 0 aliphatic carbocycles. The molecule has 0 aliphatic heterocycles. The summed E-state index contributed by atoms with van der Waals surface area (Å²) >= 11 is 0. The van der Waals surface area contributed by atoms with E-state index in [1.165, 1.54) is 12.4 Å². The smallest absolute Gasteiger partial charge is 0.0716 e. The Labute approximate surface area is 81.4 Å². The third kappa shape index (κ3) is 4.22. The van der Waals surface area contributed by atoms with Gasteiger partial charge in [0.15, 0.2) is 0 Å². The van der Waals surface area contributed by atoms with Gasteiger partial charge >= 0.3 is 0 Å². The first-order chi connectivity index (χ1) is 6.93. The highest BCUT2D eigenvalue weighted by atomic mass is 16.3. The monoisotopic (exact) mass is 190 g/mol. The molecule has 1 N–H and O–H groups in total. The maximum Gasteiger partial charge on any atom is 0.0716 e. The van der Waals surface area contributed by atoms with E-state index in [9.17, 15) is 0 Å². The van der Waals surface area contributed by atoms with Crippen LogP contribution in [0.1, 0.15) is 5.56 Å². The Hall–Kier alpha value is -1.88. The van der Waals surface area contributed by atoms with E-state index in [1.54, 1.807) is 0 Å². The van der Waals surface area contributed by atoms with Gasteiger partial charge in [-0.05, 0) is 16.0 Å². The lowest BCUT2D eigenvalue weighted by Crippen LogP contribution is -1.84. The first-order valence-corrected chi connectivity index (χ1v) is 4.03. The third-order valence-corrected chi connectivity index (χ3v) is 1.37. The van der Waals surface area contributed by atoms with E-state index in [1.807, 2.05) is 30.3 Å². The number of aliphatic hydroxyl groups excluding tert-OH is 1. The Morgan fingerprint density at radius 1 is 0.929 bits per heavy atom. The van der Waals surface area contributed by atoms with Crippen LogP contribution in [0.3, 0.4) is 0 Å². The summed E-state index contributed by atoms with van der Waals surface area (Å²) in [7, 11) is 0. The maximum atomic E-state index is 8.54. The van der Waals surface area contributed by atoms with Gasteiger partial charge in [-0.25, -0.2) is 0 Å². The highest BCUT2D eigenvalue weighted by Gasteiger charge is 1.81. The standard InChI is InChI=1S/C7H8O.C2H2N4/c8-6-7-4-2-1-3-5-7;1-2-4-6-5-3-1/h1-5,8H,6H2;1-2H. The van der Waals surface area contributed by atoms with E-state index in [0.29, 0.717) is 0 Å². The molecule has 0 fully saturated rings. The predicted molar refractivity (Wildman–Crippen MR) is 50.0 cm³/mol. The van der Waals surface area contributed by atoms with Crippen molar-refractivity contribution in [1.82, 2.24) is 20.6 Å². The van der Waals surface area contributed by atoms with E-state index in [-0.39, 0.29) is 6.61 Å². The van der Waals surface area contributed by atoms with Crippen molar-refractivity contribution < 1.29 is 5.11 Å². The molecule has 0 unspecified atom stereocenters. The molecule has 72 valence electrons. The van der Waals surface area contributed by atoms with Crippen LogP contribution in [0.15, 0.2) is 42.7 Å². The lowest BCUT2D eigenvalue weighted by atomic mass is 10.2. The zero-order valence-electron chi connectivity index (χ0n) is 7.48. The van der Waals surface area contributed by atoms with Crippen molar-refractivity contribution in [2.24, 2.45) is 0 Å². The zero-order valence-corrected chi connectivity index (χ0v) is 7.48. The van der Waals surface area contributed by atoms with Crippen molar-refractivity contribution in [3.63, 3.8) is 0 Å². The lowest BCUT2D eigenvalue weighted by molar-refractivity contribution is 0.282. The van der Waals surface area contributed by atoms with Crippen LogP contribution in [-0.2, 0) is 6.61 Å². The summed E-state index contributed by atoms with van der Waals surface area (Å²) in [6.07, 6.45) is 2.93. The molecule has 0 saturated heterocycles. The van der Waals surface area contributed by atoms with Crippen molar-refractivity contribution in [2.75, 3.05) is 0 Å². The molecule has 2 rings (SSSR count). The average molecular weight is 190 g/mol. The van der Waals surface area contributed by atoms with Crippen LogP contribution in [0.4, 0.5) is 0 Å². The first-order valence-electron chi connectivity index (χ1n) is 4.03. The summed E-state index contributed by atoms with van der Waals surface area (Å²) in [5, 5.41) is 21.6. The van der Waals surface area contributed by atoms with Gasteiger partial charge in [0.05, 0.1) is 19.0 Å². The highest BCUT2D eigenvalue weighted by molar-refractivity contribution is 5.12. The summed E-state index contributed by atoms with van der Waals surface area (Å²) in [6, 6.07) is 9.52. The van der Waals surface area contributed by atoms with Crippen LogP contribution in [0.2, 0.25) is 0 Å². The summed E-state index contributed by atoms with van der Waals surface area (Å²) < 4.78 is 0. The van der Waals surface area contributed by atoms with Crippen molar-refractivity contribution in [2.45, 2.75) is 6.61 Å². The molecule has 0 spiro atoms. The Bertz CT molecular complexity index is 300. The Morgan fingerprint density at radius 2 is 1.50 bits per heavy atom. The highest BCUT2D eigenvalue weighted by Crippen LogP contribution is 1.95. The van der Waals surface area contributed by atoms with Crippen molar-refractivity contribution in [1.29, 1.82) is 0 Å². The van der Waals surface area contributed by atoms with Gasteiger partial charge in [-0.3, -0.25) is 0 Å². The molecule has 1 aromatic heterocycles. The third-order valence-electron chi connectivity index (χ3n) is 1.37. The fourth-order valence-electron chi connectivity index (χ4n) is 0.749. The number of hydrogen-bond donors (Lipinski definition) is 1. The van der Waals surface area contributed by atoms with Gasteiger partial charge in [-0.15, -0.1) is 10.2 Å². The number of aromatic nitrogens is 4. The summed E-state index contributed by atoms with van der Waals surface area (Å²) in [4.78, 5) is 0. The molecule has 0 amide bonds. The second-order valence-electron chi connectivity index (χ2n) is 2.35. The largest absolute Gasteiger partial charge is 0.392 e. The predicted octanol–water partition coefficient (Wildman–Crippen LogP) is 0.446. The quantitative estimate of drug-likeness (QED) is 0.706. The van der Waals surface area contributed by atoms with Gasteiger partial charge < -0.3 is 5.11 Å². The molecule has 0 atom stereocenters. The maximum absolute atomic E-state index is 8.54. The van der Waals surface area contributed by atoms with Crippen LogP contribution in [0, 0.1) is 0 Å². The van der Waals surface area contributed by atoms with Gasteiger partial charge in [-0.2, -0.15) is 0 Å². The fraction of sp³-hybridized carbons (Fsp3) is 0.111. The summed E-state index contributed by atoms with van der Waals surface area (Å²) in [6.45, 7) is 0.140. The van der Waals surface area contributed by atoms with Gasteiger partial charge in [0.25, 0.3) is 0 Å². The Balaban J connectivity index is 0.000000146. The number of aliphatic hydroxyl groups is 1. The van der Waals surface area contributed by atoms with E-state index < -0.39 is 0 Å². The SMILES string of the molecule is OCc1ccccc1.c1cnnnn1. The van der Waals surface area contributed by atoms with Crippen LogP contribution >= 0.6 is 0 Å². The lowest BCUT2D eigenvalue weighted by Gasteiger charge is -1.89. The molecule has 14 heavy (non-hydrogen) atoms. The van der Waals surface area contributed by atoms with Crippen molar-refractivity contribution in [3.8, 4) is 0 Å². The minimum Gasteiger partial charge on any atom is -0.392 e. The van der Waals surface area contributed by atoms with Crippen LogP contribution in [0.25, 0.3) is 0 Å². The van der Waals surface area contributed by atoms with Gasteiger partial charge in [-0.1, -0.05) is 30.3 Å². The summed E-state index contributed by atoms with van der Waals surface area (Å²) in [5.41, 5.74) is 0.965. The average Bonchev–Trinajstić information content (AvgIpc) is 2.33. The summed E-state index contributed by atoms with van der Waals surface area (Å²) in [5.74, 6) is 0. The molecule has 2 aromatic rings. The van der Waals surface area contributed by atoms with Gasteiger partial charge in [0.1, 0.15) is 0 Å². The Kier molecular flexibility index (Phi) is 4.82. The van der Waals surface area contributed by atoms with E-state index in [4.69, 9.17) is 5.11 Å². The normalized spacial score (nSPS) is 8.64. The molecule has 1 heterocycles. The number of hydrogen-bond acceptors (Lipinski definition) is 5. The molecule has 0 radical (unpaired) electrons. The fourth-order valence-corrected chi connectivity index (χ4v) is 0.749. The zero-order chi connectivity index (χ0) is 10.1. The molecule has 5 heteroatoms. The molecule has 0 aliphatic rings. The second-order valence-corrected chi connectivity index (χ2v) is 2.35.